The molecule has 27 heavy (non-hydrogen) atoms. The van der Waals surface area contributed by atoms with Gasteiger partial charge < -0.3 is 15.4 Å². The van der Waals surface area contributed by atoms with Gasteiger partial charge in [0.2, 0.25) is 0 Å². The number of benzene rings is 2. The Kier molecular flexibility index (Phi) is 7.45. The molecule has 0 spiro atoms. The van der Waals surface area contributed by atoms with E-state index in [4.69, 9.17) is 4.74 Å². The number of nitrogens with zero attached hydrogens (tertiary/aromatic N) is 1. The van der Waals surface area contributed by atoms with Gasteiger partial charge in [-0.05, 0) is 28.1 Å². The standard InChI is InChI=1S/C22H25N3OS/c1-23-22(25-15-21-12-7-13-27-21)24-14-19-10-5-6-11-20(19)17-26-16-18-8-3-2-4-9-18/h2-13H,14-17H2,1H3,(H2,23,24,25). The average Bonchev–Trinajstić information content (AvgIpc) is 3.23. The molecule has 0 saturated carbocycles. The number of ether oxygens (including phenoxy) is 1. The summed E-state index contributed by atoms with van der Waals surface area (Å²) in [6.07, 6.45) is 0. The summed E-state index contributed by atoms with van der Waals surface area (Å²) < 4.78 is 5.90. The van der Waals surface area contributed by atoms with Crippen molar-refractivity contribution in [2.45, 2.75) is 26.3 Å². The summed E-state index contributed by atoms with van der Waals surface area (Å²) >= 11 is 1.74. The third-order valence-electron chi connectivity index (χ3n) is 4.17. The van der Waals surface area contributed by atoms with Crippen LogP contribution in [-0.4, -0.2) is 13.0 Å². The fraction of sp³-hybridized carbons (Fsp3) is 0.227. The molecule has 0 bridgehead atoms. The first kappa shape index (κ1) is 19.1. The highest BCUT2D eigenvalue weighted by Crippen LogP contribution is 2.12. The van der Waals surface area contributed by atoms with Crippen molar-refractivity contribution >= 4 is 17.3 Å². The van der Waals surface area contributed by atoms with Crippen molar-refractivity contribution < 1.29 is 4.74 Å². The van der Waals surface area contributed by atoms with E-state index in [1.54, 1.807) is 18.4 Å². The van der Waals surface area contributed by atoms with Crippen LogP contribution in [0.25, 0.3) is 0 Å². The molecule has 0 radical (unpaired) electrons. The molecule has 0 amide bonds. The maximum Gasteiger partial charge on any atom is 0.191 e. The third kappa shape index (κ3) is 6.24. The molecule has 3 rings (SSSR count). The fourth-order valence-corrected chi connectivity index (χ4v) is 3.35. The van der Waals surface area contributed by atoms with Crippen LogP contribution in [-0.2, 0) is 31.0 Å². The van der Waals surface area contributed by atoms with Gasteiger partial charge in [-0.25, -0.2) is 0 Å². The van der Waals surface area contributed by atoms with Crippen LogP contribution in [0.15, 0.2) is 77.1 Å². The summed E-state index contributed by atoms with van der Waals surface area (Å²) in [5.74, 6) is 0.795. The monoisotopic (exact) mass is 379 g/mol. The van der Waals surface area contributed by atoms with Gasteiger partial charge in [0.15, 0.2) is 5.96 Å². The maximum absolute atomic E-state index is 5.90. The van der Waals surface area contributed by atoms with E-state index in [0.29, 0.717) is 19.8 Å². The second-order valence-electron chi connectivity index (χ2n) is 6.11. The second-order valence-corrected chi connectivity index (χ2v) is 7.14. The largest absolute Gasteiger partial charge is 0.372 e. The smallest absolute Gasteiger partial charge is 0.191 e. The predicted molar refractivity (Wildman–Crippen MR) is 113 cm³/mol. The molecule has 0 atom stereocenters. The topological polar surface area (TPSA) is 45.7 Å². The first-order chi connectivity index (χ1) is 13.3. The molecule has 140 valence electrons. The number of thiophene rings is 1. The van der Waals surface area contributed by atoms with Gasteiger partial charge >= 0.3 is 0 Å². The summed E-state index contributed by atoms with van der Waals surface area (Å²) in [6, 6.07) is 22.8. The predicted octanol–water partition coefficient (Wildman–Crippen LogP) is 4.33. The Labute approximate surface area is 164 Å². The van der Waals surface area contributed by atoms with E-state index in [1.807, 2.05) is 18.2 Å². The van der Waals surface area contributed by atoms with Gasteiger partial charge in [-0.2, -0.15) is 0 Å². The SMILES string of the molecule is CN=C(NCc1cccs1)NCc1ccccc1COCc1ccccc1. The van der Waals surface area contributed by atoms with Crippen LogP contribution in [0.1, 0.15) is 21.6 Å². The van der Waals surface area contributed by atoms with Crippen molar-refractivity contribution in [3.63, 3.8) is 0 Å². The van der Waals surface area contributed by atoms with Crippen LogP contribution in [0.5, 0.6) is 0 Å². The van der Waals surface area contributed by atoms with Crippen LogP contribution in [0.2, 0.25) is 0 Å². The van der Waals surface area contributed by atoms with Gasteiger partial charge in [-0.3, -0.25) is 4.99 Å². The van der Waals surface area contributed by atoms with E-state index in [2.05, 4.69) is 69.5 Å². The Hall–Kier alpha value is -2.63. The second kappa shape index (κ2) is 10.5. The van der Waals surface area contributed by atoms with Gasteiger partial charge in [0, 0.05) is 18.5 Å². The molecule has 1 aromatic heterocycles. The van der Waals surface area contributed by atoms with Gasteiger partial charge in [0.1, 0.15) is 0 Å². The summed E-state index contributed by atoms with van der Waals surface area (Å²) in [7, 11) is 1.79. The Morgan fingerprint density at radius 2 is 1.59 bits per heavy atom. The van der Waals surface area contributed by atoms with Gasteiger partial charge in [-0.1, -0.05) is 60.7 Å². The first-order valence-electron chi connectivity index (χ1n) is 9.00. The lowest BCUT2D eigenvalue weighted by atomic mass is 10.1. The number of hydrogen-bond acceptors (Lipinski definition) is 3. The first-order valence-corrected chi connectivity index (χ1v) is 9.88. The van der Waals surface area contributed by atoms with E-state index < -0.39 is 0 Å². The van der Waals surface area contributed by atoms with Crippen LogP contribution < -0.4 is 10.6 Å². The molecule has 1 heterocycles. The Bertz CT molecular complexity index is 832. The normalized spacial score (nSPS) is 11.4. The Morgan fingerprint density at radius 1 is 0.852 bits per heavy atom. The van der Waals surface area contributed by atoms with E-state index in [0.717, 1.165) is 12.5 Å². The Morgan fingerprint density at radius 3 is 2.33 bits per heavy atom. The minimum Gasteiger partial charge on any atom is -0.372 e. The molecule has 0 aliphatic rings. The number of nitrogens with one attached hydrogen (secondary N) is 2. The zero-order valence-electron chi connectivity index (χ0n) is 15.5. The van der Waals surface area contributed by atoms with Crippen molar-refractivity contribution in [2.24, 2.45) is 4.99 Å². The molecule has 4 nitrogen and oxygen atoms in total. The maximum atomic E-state index is 5.90. The highest BCUT2D eigenvalue weighted by atomic mass is 32.1. The lowest BCUT2D eigenvalue weighted by Crippen LogP contribution is -2.36. The zero-order chi connectivity index (χ0) is 18.7. The number of guanidine groups is 1. The molecule has 0 saturated heterocycles. The number of rotatable bonds is 8. The van der Waals surface area contributed by atoms with Crippen molar-refractivity contribution in [3.8, 4) is 0 Å². The number of aliphatic imine (C=N–C) groups is 1. The van der Waals surface area contributed by atoms with Gasteiger partial charge in [0.05, 0.1) is 19.8 Å². The van der Waals surface area contributed by atoms with Crippen molar-refractivity contribution in [2.75, 3.05) is 7.05 Å². The quantitative estimate of drug-likeness (QED) is 0.452. The van der Waals surface area contributed by atoms with Crippen molar-refractivity contribution in [1.82, 2.24) is 10.6 Å². The minimum atomic E-state index is 0.591. The Balaban J connectivity index is 1.50. The zero-order valence-corrected chi connectivity index (χ0v) is 16.3. The van der Waals surface area contributed by atoms with Crippen LogP contribution in [0.3, 0.4) is 0 Å². The molecule has 0 aliphatic carbocycles. The molecule has 0 unspecified atom stereocenters. The highest BCUT2D eigenvalue weighted by Gasteiger charge is 2.04. The number of hydrogen-bond donors (Lipinski definition) is 2. The molecule has 0 fully saturated rings. The van der Waals surface area contributed by atoms with E-state index in [-0.39, 0.29) is 0 Å². The molecule has 5 heteroatoms. The van der Waals surface area contributed by atoms with Crippen molar-refractivity contribution in [3.05, 3.63) is 93.7 Å². The summed E-state index contributed by atoms with van der Waals surface area (Å²) in [4.78, 5) is 5.59. The molecule has 3 aromatic rings. The van der Waals surface area contributed by atoms with Gasteiger partial charge in [-0.15, -0.1) is 11.3 Å². The third-order valence-corrected chi connectivity index (χ3v) is 5.04. The highest BCUT2D eigenvalue weighted by molar-refractivity contribution is 7.09. The fourth-order valence-electron chi connectivity index (χ4n) is 2.71. The summed E-state index contributed by atoms with van der Waals surface area (Å²) in [5, 5.41) is 8.81. The average molecular weight is 380 g/mol. The molecule has 2 aromatic carbocycles. The van der Waals surface area contributed by atoms with Crippen molar-refractivity contribution in [1.29, 1.82) is 0 Å². The minimum absolute atomic E-state index is 0.591. The molecule has 0 aliphatic heterocycles. The van der Waals surface area contributed by atoms with Crippen LogP contribution in [0.4, 0.5) is 0 Å². The van der Waals surface area contributed by atoms with Crippen LogP contribution in [0, 0.1) is 0 Å². The molecular weight excluding hydrogens is 354 g/mol. The lowest BCUT2D eigenvalue weighted by Gasteiger charge is -2.14. The summed E-state index contributed by atoms with van der Waals surface area (Å²) in [5.41, 5.74) is 3.59. The van der Waals surface area contributed by atoms with Crippen LogP contribution >= 0.6 is 11.3 Å². The lowest BCUT2D eigenvalue weighted by molar-refractivity contribution is 0.106. The van der Waals surface area contributed by atoms with E-state index in [9.17, 15) is 0 Å². The van der Waals surface area contributed by atoms with E-state index >= 15 is 0 Å². The summed E-state index contributed by atoms with van der Waals surface area (Å²) in [6.45, 7) is 2.69. The molecule has 2 N–H and O–H groups in total. The van der Waals surface area contributed by atoms with Gasteiger partial charge in [0.25, 0.3) is 0 Å². The van der Waals surface area contributed by atoms with E-state index in [1.165, 1.54) is 21.6 Å². The molecular formula is C22H25N3OS.